The van der Waals surface area contributed by atoms with Crippen LogP contribution in [0.3, 0.4) is 0 Å². The standard InChI is InChI=1S/C27H32F2O3.C4H8O.C2H4O.CH2O/c1-3-4-14-31-24-16-23(17-25(18-24)32-30)22-12-13-26(19(2)15-22)21-10-8-20(9-11-21)6-5-7-27(28)29;1-2-3-4-5;1-2-3;1-2/h3,7,12-13,15-18,20-21,30H,1,4-6,8-11,14H2,2H3;2,5H,1,3-4H2;2H,1H3;1H2. The lowest BCUT2D eigenvalue weighted by atomic mass is 9.76. The largest absolute Gasteiger partial charge is 0.493 e. The first kappa shape index (κ1) is 38.4. The van der Waals surface area contributed by atoms with Gasteiger partial charge in [-0.05, 0) is 118 Å². The number of carbonyl (C=O) groups excluding carboxylic acids is 2. The monoisotopic (exact) mass is 588 g/mol. The van der Waals surface area contributed by atoms with Crippen LogP contribution >= 0.6 is 0 Å². The molecule has 0 aliphatic heterocycles. The Morgan fingerprint density at radius 2 is 1.57 bits per heavy atom. The molecule has 0 aromatic heterocycles. The fourth-order valence-electron chi connectivity index (χ4n) is 4.73. The lowest BCUT2D eigenvalue weighted by molar-refractivity contribution is -0.137. The molecule has 3 rings (SSSR count). The molecule has 1 saturated carbocycles. The number of ether oxygens (including phenoxy) is 1. The van der Waals surface area contributed by atoms with E-state index in [1.54, 1.807) is 24.3 Å². The number of aliphatic hydroxyl groups is 1. The van der Waals surface area contributed by atoms with Crippen LogP contribution in [0, 0.1) is 12.8 Å². The van der Waals surface area contributed by atoms with Gasteiger partial charge in [-0.3, -0.25) is 0 Å². The molecular formula is C34H46F2O6. The minimum absolute atomic E-state index is 0.226. The van der Waals surface area contributed by atoms with Gasteiger partial charge in [0.2, 0.25) is 0 Å². The number of rotatable bonds is 12. The van der Waals surface area contributed by atoms with Crippen molar-refractivity contribution >= 4 is 13.1 Å². The fourth-order valence-corrected chi connectivity index (χ4v) is 4.73. The molecule has 2 aromatic rings. The van der Waals surface area contributed by atoms with Gasteiger partial charge < -0.3 is 24.3 Å². The highest BCUT2D eigenvalue weighted by Crippen LogP contribution is 2.40. The average molecular weight is 589 g/mol. The van der Waals surface area contributed by atoms with Gasteiger partial charge in [0.05, 0.1) is 6.61 Å². The Kier molecular flexibility index (Phi) is 22.0. The number of hydrogen-bond acceptors (Lipinski definition) is 6. The Labute approximate surface area is 249 Å². The molecule has 0 heterocycles. The first-order chi connectivity index (χ1) is 20.3. The van der Waals surface area contributed by atoms with E-state index in [4.69, 9.17) is 24.7 Å². The molecule has 2 N–H and O–H groups in total. The summed E-state index contributed by atoms with van der Waals surface area (Å²) in [6.07, 6.45) is 10.8. The molecule has 0 radical (unpaired) electrons. The number of allylic oxidation sites excluding steroid dienone is 1. The van der Waals surface area contributed by atoms with E-state index < -0.39 is 6.08 Å². The molecule has 6 nitrogen and oxygen atoms in total. The van der Waals surface area contributed by atoms with Crippen molar-refractivity contribution in [2.45, 2.75) is 71.1 Å². The van der Waals surface area contributed by atoms with E-state index in [1.807, 2.05) is 12.9 Å². The summed E-state index contributed by atoms with van der Waals surface area (Å²) >= 11 is 0. The second-order valence-electron chi connectivity index (χ2n) is 9.61. The normalized spacial score (nSPS) is 15.1. The van der Waals surface area contributed by atoms with Crippen molar-refractivity contribution in [3.8, 4) is 22.6 Å². The third-order valence-electron chi connectivity index (χ3n) is 6.67. The number of carbonyl (C=O) groups is 2. The minimum atomic E-state index is -1.57. The number of benzene rings is 2. The molecule has 1 aliphatic rings. The molecule has 0 atom stereocenters. The van der Waals surface area contributed by atoms with Crippen molar-refractivity contribution in [3.05, 3.63) is 85.0 Å². The van der Waals surface area contributed by atoms with Crippen LogP contribution < -0.4 is 9.62 Å². The number of aliphatic hydroxyl groups excluding tert-OH is 1. The highest BCUT2D eigenvalue weighted by molar-refractivity contribution is 5.68. The van der Waals surface area contributed by atoms with E-state index in [2.05, 4.69) is 43.2 Å². The van der Waals surface area contributed by atoms with E-state index in [0.717, 1.165) is 62.0 Å². The van der Waals surface area contributed by atoms with Crippen LogP contribution in [0.25, 0.3) is 11.1 Å². The zero-order chi connectivity index (χ0) is 31.8. The van der Waals surface area contributed by atoms with Crippen molar-refractivity contribution in [1.82, 2.24) is 0 Å². The predicted octanol–water partition coefficient (Wildman–Crippen LogP) is 8.88. The molecule has 232 valence electrons. The Hall–Kier alpha value is -3.62. The van der Waals surface area contributed by atoms with Crippen molar-refractivity contribution in [1.29, 1.82) is 0 Å². The van der Waals surface area contributed by atoms with Crippen LogP contribution in [0.2, 0.25) is 0 Å². The summed E-state index contributed by atoms with van der Waals surface area (Å²) < 4.78 is 30.2. The second-order valence-corrected chi connectivity index (χ2v) is 9.61. The van der Waals surface area contributed by atoms with Gasteiger partial charge in [0, 0.05) is 12.7 Å². The summed E-state index contributed by atoms with van der Waals surface area (Å²) in [7, 11) is 0. The van der Waals surface area contributed by atoms with Crippen molar-refractivity contribution in [2.24, 2.45) is 5.92 Å². The molecule has 1 aliphatic carbocycles. The maximum atomic E-state index is 12.2. The van der Waals surface area contributed by atoms with Gasteiger partial charge in [-0.1, -0.05) is 30.4 Å². The van der Waals surface area contributed by atoms with Crippen LogP contribution in [-0.2, 0) is 9.59 Å². The molecule has 0 spiro atoms. The topological polar surface area (TPSA) is 93.1 Å². The maximum Gasteiger partial charge on any atom is 0.266 e. The summed E-state index contributed by atoms with van der Waals surface area (Å²) in [5.41, 5.74) is 4.54. The zero-order valence-electron chi connectivity index (χ0n) is 24.9. The van der Waals surface area contributed by atoms with Gasteiger partial charge in [-0.15, -0.1) is 13.2 Å². The fraction of sp³-hybridized carbons (Fsp3) is 0.412. The molecule has 0 amide bonds. The molecule has 0 unspecified atom stereocenters. The van der Waals surface area contributed by atoms with Crippen molar-refractivity contribution in [3.63, 3.8) is 0 Å². The predicted molar refractivity (Wildman–Crippen MR) is 165 cm³/mol. The molecule has 0 bridgehead atoms. The van der Waals surface area contributed by atoms with Gasteiger partial charge in [0.1, 0.15) is 18.8 Å². The van der Waals surface area contributed by atoms with Gasteiger partial charge in [-0.2, -0.15) is 8.78 Å². The number of aldehydes is 1. The molecular weight excluding hydrogens is 542 g/mol. The summed E-state index contributed by atoms with van der Waals surface area (Å²) in [6.45, 7) is 13.4. The smallest absolute Gasteiger partial charge is 0.266 e. The molecule has 1 fully saturated rings. The highest BCUT2D eigenvalue weighted by atomic mass is 19.3. The molecule has 8 heteroatoms. The Morgan fingerprint density at radius 1 is 0.952 bits per heavy atom. The van der Waals surface area contributed by atoms with E-state index in [0.29, 0.717) is 42.8 Å². The van der Waals surface area contributed by atoms with E-state index in [-0.39, 0.29) is 6.61 Å². The van der Waals surface area contributed by atoms with Gasteiger partial charge >= 0.3 is 0 Å². The number of aryl methyl sites for hydroxylation is 1. The minimum Gasteiger partial charge on any atom is -0.493 e. The Balaban J connectivity index is 0.00000147. The molecule has 0 saturated heterocycles. The lowest BCUT2D eigenvalue weighted by Crippen LogP contribution is -2.14. The van der Waals surface area contributed by atoms with Crippen LogP contribution in [0.1, 0.15) is 75.3 Å². The van der Waals surface area contributed by atoms with Gasteiger partial charge in [0.15, 0.2) is 5.75 Å². The quantitative estimate of drug-likeness (QED) is 0.0846. The number of hydrogen-bond donors (Lipinski definition) is 2. The average Bonchev–Trinajstić information content (AvgIpc) is 2.99. The Morgan fingerprint density at radius 3 is 2.07 bits per heavy atom. The number of halogens is 2. The van der Waals surface area contributed by atoms with Crippen LogP contribution in [0.15, 0.2) is 73.9 Å². The third kappa shape index (κ3) is 15.4. The van der Waals surface area contributed by atoms with Crippen molar-refractivity contribution < 1.29 is 38.4 Å². The maximum absolute atomic E-state index is 12.2. The van der Waals surface area contributed by atoms with E-state index >= 15 is 0 Å². The van der Waals surface area contributed by atoms with Gasteiger partial charge in [0.25, 0.3) is 6.08 Å². The summed E-state index contributed by atoms with van der Waals surface area (Å²) in [6, 6.07) is 11.9. The van der Waals surface area contributed by atoms with Gasteiger partial charge in [-0.25, -0.2) is 5.26 Å². The lowest BCUT2D eigenvalue weighted by Gasteiger charge is -2.29. The van der Waals surface area contributed by atoms with Crippen LogP contribution in [0.5, 0.6) is 11.5 Å². The second kappa shape index (κ2) is 24.0. The van der Waals surface area contributed by atoms with E-state index in [9.17, 15) is 8.78 Å². The summed E-state index contributed by atoms with van der Waals surface area (Å²) in [5.74, 6) is 2.02. The molecule has 42 heavy (non-hydrogen) atoms. The zero-order valence-corrected chi connectivity index (χ0v) is 24.9. The Bertz CT molecular complexity index is 1070. The molecule has 2 aromatic carbocycles. The first-order valence-electron chi connectivity index (χ1n) is 14.1. The van der Waals surface area contributed by atoms with Crippen LogP contribution in [0.4, 0.5) is 8.78 Å². The first-order valence-corrected chi connectivity index (χ1v) is 14.1. The SMILES string of the molecule is C=CCCO.C=CCCOc1cc(OO)cc(-c2ccc(C3CCC(CCC=C(F)F)CC3)c(C)c2)c1.C=O.CC=O. The highest BCUT2D eigenvalue weighted by Gasteiger charge is 2.23. The van der Waals surface area contributed by atoms with Crippen LogP contribution in [-0.4, -0.2) is 36.7 Å². The van der Waals surface area contributed by atoms with E-state index in [1.165, 1.54) is 18.1 Å². The summed E-state index contributed by atoms with van der Waals surface area (Å²) in [5, 5.41) is 17.2. The van der Waals surface area contributed by atoms with Crippen molar-refractivity contribution in [2.75, 3.05) is 13.2 Å². The summed E-state index contributed by atoms with van der Waals surface area (Å²) in [4.78, 5) is 21.3. The third-order valence-corrected chi connectivity index (χ3v) is 6.67.